The summed E-state index contributed by atoms with van der Waals surface area (Å²) in [5.74, 6) is 1.02. The molecule has 2 unspecified atom stereocenters. The molecule has 0 aromatic heterocycles. The van der Waals surface area contributed by atoms with Crippen LogP contribution in [0.4, 0.5) is 0 Å². The quantitative estimate of drug-likeness (QED) is 0.772. The van der Waals surface area contributed by atoms with Gasteiger partial charge in [-0.2, -0.15) is 0 Å². The maximum absolute atomic E-state index is 9.37. The molecule has 13 heavy (non-hydrogen) atoms. The fourth-order valence-corrected chi connectivity index (χ4v) is 1.19. The van der Waals surface area contributed by atoms with E-state index in [-0.39, 0.29) is 12.0 Å². The zero-order valence-corrected chi connectivity index (χ0v) is 8.32. The number of rotatable bonds is 3. The number of benzene rings is 1. The minimum Gasteiger partial charge on any atom is -0.497 e. The highest BCUT2D eigenvalue weighted by molar-refractivity contribution is 5.29. The summed E-state index contributed by atoms with van der Waals surface area (Å²) in [5, 5.41) is 9.37. The smallest absolute Gasteiger partial charge is 0.118 e. The minimum atomic E-state index is -0.312. The lowest BCUT2D eigenvalue weighted by Crippen LogP contribution is -2.10. The zero-order chi connectivity index (χ0) is 9.84. The first-order valence-corrected chi connectivity index (χ1v) is 4.47. The maximum Gasteiger partial charge on any atom is 0.118 e. The van der Waals surface area contributed by atoms with Gasteiger partial charge in [0, 0.05) is 5.92 Å². The number of aliphatic hydroxyl groups excluding tert-OH is 1. The molecule has 0 heterocycles. The summed E-state index contributed by atoms with van der Waals surface area (Å²) in [4.78, 5) is 0. The molecule has 0 aliphatic rings. The van der Waals surface area contributed by atoms with Crippen molar-refractivity contribution in [1.29, 1.82) is 0 Å². The highest BCUT2D eigenvalue weighted by atomic mass is 16.5. The summed E-state index contributed by atoms with van der Waals surface area (Å²) in [6.45, 7) is 3.81. The summed E-state index contributed by atoms with van der Waals surface area (Å²) >= 11 is 0. The standard InChI is InChI=1S/C11H16O2/c1-8(9(2)12)10-4-6-11(13-3)7-5-10/h4-9,12H,1-3H3. The molecule has 1 aromatic carbocycles. The predicted molar refractivity (Wildman–Crippen MR) is 53.1 cm³/mol. The van der Waals surface area contributed by atoms with Crippen LogP contribution in [-0.2, 0) is 0 Å². The Kier molecular flexibility index (Phi) is 3.32. The Bertz CT molecular complexity index is 251. The van der Waals surface area contributed by atoms with E-state index in [1.807, 2.05) is 31.2 Å². The average Bonchev–Trinajstić information content (AvgIpc) is 2.17. The van der Waals surface area contributed by atoms with Gasteiger partial charge < -0.3 is 9.84 Å². The van der Waals surface area contributed by atoms with Gasteiger partial charge in [0.25, 0.3) is 0 Å². The number of hydrogen-bond acceptors (Lipinski definition) is 2. The van der Waals surface area contributed by atoms with E-state index in [1.165, 1.54) is 0 Å². The lowest BCUT2D eigenvalue weighted by Gasteiger charge is -2.14. The first-order valence-electron chi connectivity index (χ1n) is 4.47. The largest absolute Gasteiger partial charge is 0.497 e. The van der Waals surface area contributed by atoms with Crippen LogP contribution in [0.3, 0.4) is 0 Å². The molecule has 0 fully saturated rings. The van der Waals surface area contributed by atoms with E-state index in [0.29, 0.717) is 0 Å². The van der Waals surface area contributed by atoms with E-state index >= 15 is 0 Å². The average molecular weight is 180 g/mol. The number of ether oxygens (including phenoxy) is 1. The first-order chi connectivity index (χ1) is 6.15. The van der Waals surface area contributed by atoms with Crippen LogP contribution in [-0.4, -0.2) is 18.3 Å². The van der Waals surface area contributed by atoms with Crippen LogP contribution in [0.1, 0.15) is 25.3 Å². The Morgan fingerprint density at radius 3 is 2.08 bits per heavy atom. The van der Waals surface area contributed by atoms with Crippen molar-refractivity contribution in [1.82, 2.24) is 0 Å². The SMILES string of the molecule is COc1ccc(C(C)C(C)O)cc1. The van der Waals surface area contributed by atoms with E-state index in [9.17, 15) is 5.11 Å². The second-order valence-corrected chi connectivity index (χ2v) is 3.30. The summed E-state index contributed by atoms with van der Waals surface area (Å²) in [5.41, 5.74) is 1.14. The Hall–Kier alpha value is -1.02. The van der Waals surface area contributed by atoms with Crippen molar-refractivity contribution in [3.8, 4) is 5.75 Å². The van der Waals surface area contributed by atoms with Crippen molar-refractivity contribution in [3.05, 3.63) is 29.8 Å². The molecule has 1 rings (SSSR count). The summed E-state index contributed by atoms with van der Waals surface area (Å²) < 4.78 is 5.05. The fraction of sp³-hybridized carbons (Fsp3) is 0.455. The second-order valence-electron chi connectivity index (χ2n) is 3.30. The molecule has 1 N–H and O–H groups in total. The maximum atomic E-state index is 9.37. The highest BCUT2D eigenvalue weighted by Crippen LogP contribution is 2.21. The first kappa shape index (κ1) is 10.1. The third kappa shape index (κ3) is 2.46. The Labute approximate surface area is 79.2 Å². The zero-order valence-electron chi connectivity index (χ0n) is 8.32. The molecule has 0 bridgehead atoms. The molecular weight excluding hydrogens is 164 g/mol. The fourth-order valence-electron chi connectivity index (χ4n) is 1.19. The molecule has 0 saturated carbocycles. The highest BCUT2D eigenvalue weighted by Gasteiger charge is 2.10. The van der Waals surface area contributed by atoms with E-state index < -0.39 is 0 Å². The van der Waals surface area contributed by atoms with Gasteiger partial charge in [-0.3, -0.25) is 0 Å². The van der Waals surface area contributed by atoms with Crippen LogP contribution in [0.5, 0.6) is 5.75 Å². The summed E-state index contributed by atoms with van der Waals surface area (Å²) in [6, 6.07) is 7.79. The molecule has 0 amide bonds. The predicted octanol–water partition coefficient (Wildman–Crippen LogP) is 2.18. The summed E-state index contributed by atoms with van der Waals surface area (Å²) in [6.07, 6.45) is -0.312. The van der Waals surface area contributed by atoms with Crippen molar-refractivity contribution < 1.29 is 9.84 Å². The molecule has 72 valence electrons. The van der Waals surface area contributed by atoms with Crippen molar-refractivity contribution in [3.63, 3.8) is 0 Å². The van der Waals surface area contributed by atoms with E-state index in [2.05, 4.69) is 0 Å². The molecule has 0 spiro atoms. The van der Waals surface area contributed by atoms with Gasteiger partial charge in [0.15, 0.2) is 0 Å². The Morgan fingerprint density at radius 2 is 1.69 bits per heavy atom. The van der Waals surface area contributed by atoms with Crippen molar-refractivity contribution in [2.24, 2.45) is 0 Å². The van der Waals surface area contributed by atoms with E-state index in [4.69, 9.17) is 4.74 Å². The molecule has 2 atom stereocenters. The normalized spacial score (nSPS) is 15.1. The molecule has 0 aliphatic carbocycles. The number of aliphatic hydroxyl groups is 1. The van der Waals surface area contributed by atoms with Gasteiger partial charge in [0.1, 0.15) is 5.75 Å². The van der Waals surface area contributed by atoms with Gasteiger partial charge in [0.2, 0.25) is 0 Å². The van der Waals surface area contributed by atoms with Gasteiger partial charge in [-0.1, -0.05) is 19.1 Å². The molecule has 0 radical (unpaired) electrons. The molecule has 0 saturated heterocycles. The van der Waals surface area contributed by atoms with Crippen LogP contribution in [0.15, 0.2) is 24.3 Å². The molecular formula is C11H16O2. The van der Waals surface area contributed by atoms with Crippen LogP contribution >= 0.6 is 0 Å². The van der Waals surface area contributed by atoms with Crippen molar-refractivity contribution in [2.75, 3.05) is 7.11 Å². The van der Waals surface area contributed by atoms with Crippen molar-refractivity contribution in [2.45, 2.75) is 25.9 Å². The molecule has 2 heteroatoms. The lowest BCUT2D eigenvalue weighted by molar-refractivity contribution is 0.169. The Balaban J connectivity index is 2.79. The second kappa shape index (κ2) is 4.28. The van der Waals surface area contributed by atoms with Crippen LogP contribution < -0.4 is 4.74 Å². The Morgan fingerprint density at radius 1 is 1.15 bits per heavy atom. The third-order valence-corrected chi connectivity index (χ3v) is 2.37. The number of methoxy groups -OCH3 is 1. The third-order valence-electron chi connectivity index (χ3n) is 2.37. The van der Waals surface area contributed by atoms with E-state index in [1.54, 1.807) is 14.0 Å². The molecule has 1 aromatic rings. The van der Waals surface area contributed by atoms with Crippen LogP contribution in [0.25, 0.3) is 0 Å². The van der Waals surface area contributed by atoms with Gasteiger partial charge in [0.05, 0.1) is 13.2 Å². The minimum absolute atomic E-state index is 0.172. The van der Waals surface area contributed by atoms with Gasteiger partial charge in [-0.25, -0.2) is 0 Å². The number of hydrogen-bond donors (Lipinski definition) is 1. The topological polar surface area (TPSA) is 29.5 Å². The van der Waals surface area contributed by atoms with Crippen LogP contribution in [0, 0.1) is 0 Å². The lowest BCUT2D eigenvalue weighted by atomic mass is 9.96. The molecule has 2 nitrogen and oxygen atoms in total. The summed E-state index contributed by atoms with van der Waals surface area (Å²) in [7, 11) is 1.65. The van der Waals surface area contributed by atoms with Gasteiger partial charge in [-0.15, -0.1) is 0 Å². The van der Waals surface area contributed by atoms with Gasteiger partial charge in [-0.05, 0) is 24.6 Å². The molecule has 0 aliphatic heterocycles. The van der Waals surface area contributed by atoms with E-state index in [0.717, 1.165) is 11.3 Å². The van der Waals surface area contributed by atoms with Gasteiger partial charge >= 0.3 is 0 Å². The van der Waals surface area contributed by atoms with Crippen LogP contribution in [0.2, 0.25) is 0 Å². The monoisotopic (exact) mass is 180 g/mol. The van der Waals surface area contributed by atoms with Crippen molar-refractivity contribution >= 4 is 0 Å².